The Morgan fingerprint density at radius 2 is 1.67 bits per heavy atom. The third-order valence-electron chi connectivity index (χ3n) is 2.68. The molecule has 1 aromatic rings. The molecule has 0 saturated carbocycles. The summed E-state index contributed by atoms with van der Waals surface area (Å²) in [4.78, 5) is 1.84. The van der Waals surface area contributed by atoms with Gasteiger partial charge in [-0.25, -0.2) is 0 Å². The first-order valence-electron chi connectivity index (χ1n) is 6.07. The van der Waals surface area contributed by atoms with Crippen LogP contribution in [-0.2, 0) is 10.2 Å². The molecule has 0 aromatic heterocycles. The topological polar surface area (TPSA) is 36.3 Å². The summed E-state index contributed by atoms with van der Waals surface area (Å²) in [7, 11) is 1.92. The van der Waals surface area contributed by atoms with E-state index in [1.165, 1.54) is 5.56 Å². The predicted octanol–water partition coefficient (Wildman–Crippen LogP) is 3.08. The van der Waals surface area contributed by atoms with Crippen molar-refractivity contribution in [2.45, 2.75) is 32.3 Å². The average molecular weight is 262 g/mol. The van der Waals surface area contributed by atoms with E-state index in [1.807, 2.05) is 50.2 Å². The summed E-state index contributed by atoms with van der Waals surface area (Å²) in [5.41, 5.74) is 1.08. The molecule has 4 heteroatoms. The van der Waals surface area contributed by atoms with Gasteiger partial charge in [0.25, 0.3) is 0 Å². The molecule has 0 fully saturated rings. The third kappa shape index (κ3) is 3.20. The van der Waals surface area contributed by atoms with Crippen molar-refractivity contribution in [1.29, 1.82) is 5.26 Å². The predicted molar refractivity (Wildman–Crippen MR) is 76.6 cm³/mol. The lowest BCUT2D eigenvalue weighted by Gasteiger charge is -2.38. The molecule has 3 nitrogen and oxygen atoms in total. The molecule has 1 atom stereocenters. The first-order chi connectivity index (χ1) is 8.21. The van der Waals surface area contributed by atoms with Crippen LogP contribution in [0.1, 0.15) is 11.1 Å². The van der Waals surface area contributed by atoms with E-state index in [1.54, 1.807) is 0 Å². The van der Waals surface area contributed by atoms with Gasteiger partial charge in [0.05, 0.1) is 0 Å². The Morgan fingerprint density at radius 3 is 2.00 bits per heavy atom. The Hall–Kier alpha value is -1.15. The second-order valence-electron chi connectivity index (χ2n) is 5.73. The molecular formula is C14H22N2OSi. The van der Waals surface area contributed by atoms with E-state index in [2.05, 4.69) is 25.7 Å². The number of benzene rings is 1. The number of hydrogen-bond donors (Lipinski definition) is 0. The maximum Gasteiger partial charge on any atom is 0.227 e. The van der Waals surface area contributed by atoms with Crippen LogP contribution < -0.4 is 0 Å². The number of nitriles is 1. The molecule has 0 aliphatic carbocycles. The van der Waals surface area contributed by atoms with E-state index in [0.29, 0.717) is 0 Å². The highest BCUT2D eigenvalue weighted by molar-refractivity contribution is 6.69. The average Bonchev–Trinajstić information content (AvgIpc) is 2.25. The molecule has 18 heavy (non-hydrogen) atoms. The van der Waals surface area contributed by atoms with Crippen LogP contribution in [0.4, 0.5) is 0 Å². The molecule has 0 N–H and O–H groups in total. The normalized spacial score (nSPS) is 15.2. The summed E-state index contributed by atoms with van der Waals surface area (Å²) >= 11 is 0. The van der Waals surface area contributed by atoms with Crippen LogP contribution >= 0.6 is 0 Å². The van der Waals surface area contributed by atoms with Crippen molar-refractivity contribution >= 4 is 8.32 Å². The van der Waals surface area contributed by atoms with E-state index in [9.17, 15) is 5.26 Å². The Balaban J connectivity index is 3.29. The molecular weight excluding hydrogens is 240 g/mol. The van der Waals surface area contributed by atoms with Gasteiger partial charge in [-0.15, -0.1) is 0 Å². The van der Waals surface area contributed by atoms with Crippen molar-refractivity contribution in [2.24, 2.45) is 0 Å². The standard InChI is InChI=1S/C14H22N2OSi/c1-12-7-9-13(10-8-12)14(11-15,16(2)3)17-18(4,5)6/h7-10H,1-6H3. The van der Waals surface area contributed by atoms with Crippen LogP contribution in [-0.4, -0.2) is 27.3 Å². The third-order valence-corrected chi connectivity index (χ3v) is 3.59. The van der Waals surface area contributed by atoms with Gasteiger partial charge in [-0.2, -0.15) is 5.26 Å². The van der Waals surface area contributed by atoms with E-state index < -0.39 is 14.0 Å². The molecule has 0 spiro atoms. The molecule has 0 aliphatic heterocycles. The number of hydrogen-bond acceptors (Lipinski definition) is 3. The highest BCUT2D eigenvalue weighted by Gasteiger charge is 2.40. The maximum atomic E-state index is 9.64. The van der Waals surface area contributed by atoms with E-state index in [-0.39, 0.29) is 0 Å². The Kier molecular flexibility index (Phi) is 4.33. The zero-order valence-electron chi connectivity index (χ0n) is 12.1. The number of aryl methyl sites for hydroxylation is 1. The van der Waals surface area contributed by atoms with Crippen LogP contribution in [0.2, 0.25) is 19.6 Å². The van der Waals surface area contributed by atoms with Crippen molar-refractivity contribution in [3.8, 4) is 6.07 Å². The van der Waals surface area contributed by atoms with Gasteiger partial charge in [0.2, 0.25) is 5.72 Å². The van der Waals surface area contributed by atoms with Gasteiger partial charge in [-0.1, -0.05) is 29.8 Å². The lowest BCUT2D eigenvalue weighted by molar-refractivity contribution is -0.0178. The fourth-order valence-corrected chi connectivity index (χ4v) is 3.05. The lowest BCUT2D eigenvalue weighted by atomic mass is 10.0. The summed E-state index contributed by atoms with van der Waals surface area (Å²) in [6.45, 7) is 8.32. The van der Waals surface area contributed by atoms with Crippen LogP contribution in [0.3, 0.4) is 0 Å². The second kappa shape index (κ2) is 5.23. The van der Waals surface area contributed by atoms with Gasteiger partial charge in [0.1, 0.15) is 6.07 Å². The zero-order chi connectivity index (χ0) is 14.0. The molecule has 0 saturated heterocycles. The monoisotopic (exact) mass is 262 g/mol. The van der Waals surface area contributed by atoms with E-state index >= 15 is 0 Å². The van der Waals surface area contributed by atoms with E-state index in [4.69, 9.17) is 4.43 Å². The summed E-state index contributed by atoms with van der Waals surface area (Å²) in [5.74, 6) is 0. The van der Waals surface area contributed by atoms with Crippen LogP contribution in [0, 0.1) is 18.3 Å². The van der Waals surface area contributed by atoms with Gasteiger partial charge < -0.3 is 4.43 Å². The summed E-state index contributed by atoms with van der Waals surface area (Å²) in [6, 6.07) is 10.3. The molecule has 1 rings (SSSR count). The fraction of sp³-hybridized carbons (Fsp3) is 0.500. The highest BCUT2D eigenvalue weighted by Crippen LogP contribution is 2.31. The number of rotatable bonds is 4. The highest BCUT2D eigenvalue weighted by atomic mass is 28.4. The van der Waals surface area contributed by atoms with Crippen LogP contribution in [0.25, 0.3) is 0 Å². The van der Waals surface area contributed by atoms with Gasteiger partial charge >= 0.3 is 0 Å². The van der Waals surface area contributed by atoms with Gasteiger partial charge in [-0.3, -0.25) is 4.90 Å². The fourth-order valence-electron chi connectivity index (χ4n) is 1.82. The molecule has 0 amide bonds. The first kappa shape index (κ1) is 14.9. The molecule has 0 bridgehead atoms. The molecule has 0 heterocycles. The van der Waals surface area contributed by atoms with Gasteiger partial charge in [0, 0.05) is 5.56 Å². The number of nitrogens with zero attached hydrogens (tertiary/aromatic N) is 2. The lowest BCUT2D eigenvalue weighted by Crippen LogP contribution is -2.49. The largest absolute Gasteiger partial charge is 0.385 e. The molecule has 0 aliphatic rings. The first-order valence-corrected chi connectivity index (χ1v) is 9.48. The second-order valence-corrected chi connectivity index (χ2v) is 10.2. The Labute approximate surface area is 111 Å². The van der Waals surface area contributed by atoms with Crippen LogP contribution in [0.5, 0.6) is 0 Å². The summed E-state index contributed by atoms with van der Waals surface area (Å²) < 4.78 is 6.17. The van der Waals surface area contributed by atoms with E-state index in [0.717, 1.165) is 5.56 Å². The Morgan fingerprint density at radius 1 is 1.17 bits per heavy atom. The van der Waals surface area contributed by atoms with Crippen molar-refractivity contribution in [2.75, 3.05) is 14.1 Å². The minimum Gasteiger partial charge on any atom is -0.385 e. The molecule has 0 radical (unpaired) electrons. The quantitative estimate of drug-likeness (QED) is 0.618. The SMILES string of the molecule is Cc1ccc(C(C#N)(O[Si](C)(C)C)N(C)C)cc1. The molecule has 1 unspecified atom stereocenters. The van der Waals surface area contributed by atoms with Crippen molar-refractivity contribution in [3.05, 3.63) is 35.4 Å². The minimum absolute atomic E-state index is 0.892. The van der Waals surface area contributed by atoms with Gasteiger partial charge in [0.15, 0.2) is 8.32 Å². The summed E-state index contributed by atoms with van der Waals surface area (Å²) in [6.07, 6.45) is 0. The molecule has 98 valence electrons. The van der Waals surface area contributed by atoms with Crippen molar-refractivity contribution in [3.63, 3.8) is 0 Å². The van der Waals surface area contributed by atoms with Crippen molar-refractivity contribution < 1.29 is 4.43 Å². The maximum absolute atomic E-state index is 9.64. The zero-order valence-corrected chi connectivity index (χ0v) is 13.1. The minimum atomic E-state index is -1.84. The summed E-state index contributed by atoms with van der Waals surface area (Å²) in [5, 5.41) is 9.64. The molecule has 1 aromatic carbocycles. The van der Waals surface area contributed by atoms with Gasteiger partial charge in [-0.05, 0) is 40.7 Å². The smallest absolute Gasteiger partial charge is 0.227 e. The van der Waals surface area contributed by atoms with Crippen molar-refractivity contribution in [1.82, 2.24) is 4.90 Å². The van der Waals surface area contributed by atoms with Crippen LogP contribution in [0.15, 0.2) is 24.3 Å². The Bertz CT molecular complexity index is 442.